The van der Waals surface area contributed by atoms with Crippen LogP contribution in [0, 0.1) is 17.8 Å². The van der Waals surface area contributed by atoms with Crippen LogP contribution < -0.4 is 5.73 Å². The summed E-state index contributed by atoms with van der Waals surface area (Å²) in [4.78, 5) is 36.2. The van der Waals surface area contributed by atoms with E-state index in [1.54, 1.807) is 11.1 Å². The molecule has 1 saturated heterocycles. The van der Waals surface area contributed by atoms with E-state index in [9.17, 15) is 9.59 Å². The van der Waals surface area contributed by atoms with E-state index >= 15 is 0 Å². The molecule has 0 spiro atoms. The maximum atomic E-state index is 13.2. The van der Waals surface area contributed by atoms with Gasteiger partial charge in [0.1, 0.15) is 11.5 Å². The third-order valence-electron chi connectivity index (χ3n) is 7.80. The Morgan fingerprint density at radius 3 is 2.68 bits per heavy atom. The van der Waals surface area contributed by atoms with E-state index < -0.39 is 0 Å². The molecule has 3 aromatic heterocycles. The molecule has 1 aliphatic heterocycles. The van der Waals surface area contributed by atoms with Gasteiger partial charge in [0.05, 0.1) is 39.9 Å². The van der Waals surface area contributed by atoms with Crippen LogP contribution in [0.3, 0.4) is 0 Å². The third kappa shape index (κ3) is 3.76. The zero-order valence-corrected chi connectivity index (χ0v) is 20.9. The molecular formula is C29H27N7O2. The van der Waals surface area contributed by atoms with Gasteiger partial charge in [0.15, 0.2) is 5.78 Å². The highest BCUT2D eigenvalue weighted by Crippen LogP contribution is 2.38. The Hall–Kier alpha value is -4.45. The van der Waals surface area contributed by atoms with Gasteiger partial charge in [0.25, 0.3) is 0 Å². The lowest BCUT2D eigenvalue weighted by Crippen LogP contribution is -2.27. The summed E-state index contributed by atoms with van der Waals surface area (Å²) >= 11 is 0. The van der Waals surface area contributed by atoms with Crippen LogP contribution in [0.4, 0.5) is 5.82 Å². The highest BCUT2D eigenvalue weighted by molar-refractivity contribution is 6.11. The zero-order chi connectivity index (χ0) is 26.0. The smallest absolute Gasteiger partial charge is 0.246 e. The molecule has 4 heterocycles. The average molecular weight is 506 g/mol. The van der Waals surface area contributed by atoms with E-state index in [0.717, 1.165) is 29.4 Å². The monoisotopic (exact) mass is 505 g/mol. The first-order valence-corrected chi connectivity index (χ1v) is 13.1. The number of carbonyl (C=O) groups excluding carboxylic acids is 2. The van der Waals surface area contributed by atoms with E-state index in [1.165, 1.54) is 18.9 Å². The summed E-state index contributed by atoms with van der Waals surface area (Å²) in [5.41, 5.74) is 10.9. The largest absolute Gasteiger partial charge is 0.383 e. The number of aromatic nitrogens is 5. The molecule has 9 heteroatoms. The maximum absolute atomic E-state index is 13.2. The van der Waals surface area contributed by atoms with Gasteiger partial charge in [0, 0.05) is 36.8 Å². The molecule has 0 radical (unpaired) electrons. The normalized spacial score (nSPS) is 19.1. The fourth-order valence-electron chi connectivity index (χ4n) is 5.45. The minimum Gasteiger partial charge on any atom is -0.383 e. The number of nitrogens with zero attached hydrogens (tertiary/aromatic N) is 6. The third-order valence-corrected chi connectivity index (χ3v) is 7.80. The molecular weight excluding hydrogens is 478 g/mol. The Morgan fingerprint density at radius 1 is 1.08 bits per heavy atom. The van der Waals surface area contributed by atoms with E-state index in [4.69, 9.17) is 10.8 Å². The van der Waals surface area contributed by atoms with Crippen molar-refractivity contribution in [1.29, 1.82) is 0 Å². The molecule has 3 aliphatic rings. The molecule has 2 saturated carbocycles. The van der Waals surface area contributed by atoms with Gasteiger partial charge in [-0.3, -0.25) is 14.3 Å². The highest BCUT2D eigenvalue weighted by atomic mass is 16.2. The number of likely N-dealkylation sites (tertiary alicyclic amines) is 1. The van der Waals surface area contributed by atoms with E-state index in [1.807, 2.05) is 23.1 Å². The molecule has 1 amide bonds. The number of nitrogens with two attached hydrogens (primary N) is 1. The Bertz CT molecular complexity index is 1710. The van der Waals surface area contributed by atoms with Gasteiger partial charge in [-0.15, -0.1) is 0 Å². The van der Waals surface area contributed by atoms with E-state index in [2.05, 4.69) is 39.0 Å². The number of rotatable bonds is 5. The van der Waals surface area contributed by atoms with Crippen molar-refractivity contribution in [2.45, 2.75) is 44.2 Å². The number of ketones is 1. The summed E-state index contributed by atoms with van der Waals surface area (Å²) in [6, 6.07) is 6.50. The number of nitrogen functional groups attached to an aromatic ring is 1. The summed E-state index contributed by atoms with van der Waals surface area (Å²) in [6.07, 6.45) is 9.68. The predicted molar refractivity (Wildman–Crippen MR) is 143 cm³/mol. The minimum absolute atomic E-state index is 0.0195. The van der Waals surface area contributed by atoms with Gasteiger partial charge in [-0.25, -0.2) is 9.97 Å². The van der Waals surface area contributed by atoms with Crippen LogP contribution in [-0.2, 0) is 4.79 Å². The van der Waals surface area contributed by atoms with Gasteiger partial charge >= 0.3 is 0 Å². The zero-order valence-electron chi connectivity index (χ0n) is 20.9. The van der Waals surface area contributed by atoms with Crippen molar-refractivity contribution in [2.24, 2.45) is 5.92 Å². The number of imidazole rings is 1. The van der Waals surface area contributed by atoms with Crippen molar-refractivity contribution in [3.63, 3.8) is 0 Å². The number of Topliss-reactive ketones (excluding diaryl/α,β-unsaturated/α-hetero) is 1. The highest BCUT2D eigenvalue weighted by Gasteiger charge is 2.35. The molecule has 1 atom stereocenters. The first-order chi connectivity index (χ1) is 18.5. The Balaban J connectivity index is 1.32. The summed E-state index contributed by atoms with van der Waals surface area (Å²) in [6.45, 7) is 4.69. The van der Waals surface area contributed by atoms with Gasteiger partial charge < -0.3 is 15.2 Å². The van der Waals surface area contributed by atoms with Gasteiger partial charge in [-0.2, -0.15) is 5.10 Å². The molecule has 9 nitrogen and oxygen atoms in total. The Labute approximate surface area is 219 Å². The summed E-state index contributed by atoms with van der Waals surface area (Å²) < 4.78 is 4.08. The average Bonchev–Trinajstić information content (AvgIpc) is 3.83. The van der Waals surface area contributed by atoms with Crippen LogP contribution in [0.25, 0.3) is 21.9 Å². The molecule has 38 heavy (non-hydrogen) atoms. The van der Waals surface area contributed by atoms with Gasteiger partial charge in [-0.05, 0) is 62.3 Å². The molecule has 0 bridgehead atoms. The van der Waals surface area contributed by atoms with Gasteiger partial charge in [0.2, 0.25) is 5.91 Å². The minimum atomic E-state index is -0.112. The quantitative estimate of drug-likeness (QED) is 0.252. The number of benzene rings is 1. The van der Waals surface area contributed by atoms with Crippen molar-refractivity contribution in [3.05, 3.63) is 60.2 Å². The second-order valence-corrected chi connectivity index (χ2v) is 10.5. The molecule has 4 aromatic rings. The van der Waals surface area contributed by atoms with Crippen molar-refractivity contribution < 1.29 is 9.59 Å². The van der Waals surface area contributed by atoms with Crippen LogP contribution in [0.2, 0.25) is 0 Å². The van der Waals surface area contributed by atoms with E-state index in [-0.39, 0.29) is 23.7 Å². The topological polar surface area (TPSA) is 112 Å². The molecule has 7 rings (SSSR count). The SMILES string of the molecule is C=CC(=O)N1CC[C@H](n2nc(C#Cc3ccc4c(c3)ncn4C3CC3)c3c(N)ncc(C(=O)C4CC4)c32)C1. The molecule has 2 aliphatic carbocycles. The lowest BCUT2D eigenvalue weighted by atomic mass is 10.0. The van der Waals surface area contributed by atoms with Gasteiger partial charge in [-0.1, -0.05) is 12.5 Å². The van der Waals surface area contributed by atoms with Crippen LogP contribution in [0.5, 0.6) is 0 Å². The fourth-order valence-corrected chi connectivity index (χ4v) is 5.45. The Kier molecular flexibility index (Phi) is 5.11. The predicted octanol–water partition coefficient (Wildman–Crippen LogP) is 3.65. The molecule has 0 unspecified atom stereocenters. The lowest BCUT2D eigenvalue weighted by molar-refractivity contribution is -0.125. The summed E-state index contributed by atoms with van der Waals surface area (Å²) in [5, 5.41) is 5.47. The van der Waals surface area contributed by atoms with Crippen molar-refractivity contribution >= 4 is 39.4 Å². The van der Waals surface area contributed by atoms with Crippen molar-refractivity contribution in [1.82, 2.24) is 29.2 Å². The molecule has 1 aromatic carbocycles. The number of carbonyl (C=O) groups is 2. The fraction of sp³-hybridized carbons (Fsp3) is 0.345. The molecule has 3 fully saturated rings. The van der Waals surface area contributed by atoms with Crippen LogP contribution in [0.1, 0.15) is 65.8 Å². The number of pyridine rings is 1. The summed E-state index contributed by atoms with van der Waals surface area (Å²) in [7, 11) is 0. The van der Waals surface area contributed by atoms with Crippen LogP contribution >= 0.6 is 0 Å². The lowest BCUT2D eigenvalue weighted by Gasteiger charge is -2.16. The first kappa shape index (κ1) is 22.7. The van der Waals surface area contributed by atoms with Crippen LogP contribution in [-0.4, -0.2) is 54.0 Å². The number of fused-ring (bicyclic) bond motifs is 2. The number of hydrogen-bond donors (Lipinski definition) is 1. The molecule has 190 valence electrons. The maximum Gasteiger partial charge on any atom is 0.246 e. The Morgan fingerprint density at radius 2 is 1.92 bits per heavy atom. The molecule has 2 N–H and O–H groups in total. The van der Waals surface area contributed by atoms with E-state index in [0.29, 0.717) is 53.5 Å². The number of amides is 1. The first-order valence-electron chi connectivity index (χ1n) is 13.1. The second-order valence-electron chi connectivity index (χ2n) is 10.5. The second kappa shape index (κ2) is 8.55. The van der Waals surface area contributed by atoms with Crippen molar-refractivity contribution in [2.75, 3.05) is 18.8 Å². The van der Waals surface area contributed by atoms with Crippen molar-refractivity contribution in [3.8, 4) is 11.8 Å². The summed E-state index contributed by atoms with van der Waals surface area (Å²) in [5.74, 6) is 6.70. The number of hydrogen-bond acceptors (Lipinski definition) is 6. The number of anilines is 1. The standard InChI is InChI=1S/C29H27N7O2/c1-2-25(37)34-12-11-20(15-34)36-27-21(28(38)18-5-6-18)14-31-29(30)26(27)22(33-36)9-3-17-4-10-24-23(13-17)32-16-35(24)19-7-8-19/h2,4,10,13-14,16,18-20H,1,5-8,11-12,15H2,(H2,30,31)/t20-/m0/s1. The van der Waals surface area contributed by atoms with Crippen LogP contribution in [0.15, 0.2) is 43.4 Å².